The Hall–Kier alpha value is -0.630. The van der Waals surface area contributed by atoms with Crippen molar-refractivity contribution in [2.45, 2.75) is 45.4 Å². The molecule has 0 aromatic heterocycles. The van der Waals surface area contributed by atoms with E-state index < -0.39 is 0 Å². The monoisotopic (exact) mass is 226 g/mol. The van der Waals surface area contributed by atoms with Crippen LogP contribution in [0.15, 0.2) is 0 Å². The van der Waals surface area contributed by atoms with E-state index >= 15 is 0 Å². The van der Waals surface area contributed by atoms with Crippen LogP contribution in [0.5, 0.6) is 0 Å². The Morgan fingerprint density at radius 1 is 1.31 bits per heavy atom. The zero-order valence-corrected chi connectivity index (χ0v) is 10.3. The third-order valence-electron chi connectivity index (χ3n) is 2.79. The van der Waals surface area contributed by atoms with Crippen LogP contribution in [0.3, 0.4) is 0 Å². The summed E-state index contributed by atoms with van der Waals surface area (Å²) in [6, 6.07) is 2.66. The molecular weight excluding hydrogens is 204 g/mol. The van der Waals surface area contributed by atoms with E-state index in [1.54, 1.807) is 0 Å². The maximum absolute atomic E-state index is 8.59. The molecule has 0 spiro atoms. The third kappa shape index (κ3) is 4.93. The van der Waals surface area contributed by atoms with Crippen LogP contribution in [0.25, 0.3) is 0 Å². The molecule has 1 fully saturated rings. The van der Waals surface area contributed by atoms with Crippen molar-refractivity contribution < 1.29 is 9.47 Å². The molecule has 0 N–H and O–H groups in total. The van der Waals surface area contributed by atoms with Crippen LogP contribution in [-0.4, -0.2) is 43.5 Å². The van der Waals surface area contributed by atoms with Crippen molar-refractivity contribution in [2.24, 2.45) is 0 Å². The number of hydrogen-bond donors (Lipinski definition) is 0. The van der Waals surface area contributed by atoms with Crippen LogP contribution >= 0.6 is 0 Å². The van der Waals surface area contributed by atoms with Crippen LogP contribution in [-0.2, 0) is 9.47 Å². The minimum Gasteiger partial charge on any atom is -0.353 e. The Balaban J connectivity index is 2.23. The Kier molecular flexibility index (Phi) is 6.39. The van der Waals surface area contributed by atoms with Crippen LogP contribution in [0.2, 0.25) is 0 Å². The molecule has 0 aromatic rings. The number of ether oxygens (including phenoxy) is 2. The van der Waals surface area contributed by atoms with Gasteiger partial charge in [-0.15, -0.1) is 0 Å². The fourth-order valence-corrected chi connectivity index (χ4v) is 1.80. The summed E-state index contributed by atoms with van der Waals surface area (Å²) in [5, 5.41) is 8.59. The molecule has 0 atom stereocenters. The molecule has 0 radical (unpaired) electrons. The second-order valence-electron chi connectivity index (χ2n) is 4.35. The van der Waals surface area contributed by atoms with E-state index in [-0.39, 0.29) is 6.29 Å². The highest BCUT2D eigenvalue weighted by molar-refractivity contribution is 4.74. The topological polar surface area (TPSA) is 45.5 Å². The fraction of sp³-hybridized carbons (Fsp3) is 0.917. The molecule has 1 rings (SSSR count). The van der Waals surface area contributed by atoms with E-state index in [1.807, 2.05) is 0 Å². The average Bonchev–Trinajstić information content (AvgIpc) is 2.30. The molecule has 0 saturated carbocycles. The lowest BCUT2D eigenvalue weighted by atomic mass is 10.2. The SMILES string of the molecule is CC(C)N(CCC#N)CCC1OCCCO1. The third-order valence-corrected chi connectivity index (χ3v) is 2.79. The summed E-state index contributed by atoms with van der Waals surface area (Å²) in [6.07, 6.45) is 2.43. The number of nitrogens with zero attached hydrogens (tertiary/aromatic N) is 2. The first-order valence-electron chi connectivity index (χ1n) is 6.08. The van der Waals surface area contributed by atoms with E-state index in [1.165, 1.54) is 0 Å². The Morgan fingerprint density at radius 2 is 2.00 bits per heavy atom. The minimum absolute atomic E-state index is 0.0444. The van der Waals surface area contributed by atoms with Gasteiger partial charge in [0, 0.05) is 32.0 Å². The van der Waals surface area contributed by atoms with Crippen LogP contribution < -0.4 is 0 Å². The van der Waals surface area contributed by atoms with Gasteiger partial charge in [-0.1, -0.05) is 0 Å². The Bertz CT molecular complexity index is 220. The second-order valence-corrected chi connectivity index (χ2v) is 4.35. The van der Waals surface area contributed by atoms with Crippen molar-refractivity contribution in [1.82, 2.24) is 4.90 Å². The molecule has 0 unspecified atom stereocenters. The van der Waals surface area contributed by atoms with Gasteiger partial charge in [-0.25, -0.2) is 0 Å². The summed E-state index contributed by atoms with van der Waals surface area (Å²) in [4.78, 5) is 2.30. The van der Waals surface area contributed by atoms with Crippen molar-refractivity contribution >= 4 is 0 Å². The van der Waals surface area contributed by atoms with Gasteiger partial charge >= 0.3 is 0 Å². The van der Waals surface area contributed by atoms with Gasteiger partial charge in [0.05, 0.1) is 19.3 Å². The first-order chi connectivity index (χ1) is 7.74. The minimum atomic E-state index is -0.0444. The van der Waals surface area contributed by atoms with Gasteiger partial charge in [-0.3, -0.25) is 4.90 Å². The molecule has 0 amide bonds. The fourth-order valence-electron chi connectivity index (χ4n) is 1.80. The number of rotatable bonds is 6. The van der Waals surface area contributed by atoms with Gasteiger partial charge in [0.25, 0.3) is 0 Å². The lowest BCUT2D eigenvalue weighted by Gasteiger charge is -2.29. The molecule has 92 valence electrons. The normalized spacial score (nSPS) is 17.9. The molecule has 1 aliphatic rings. The maximum Gasteiger partial charge on any atom is 0.158 e. The van der Waals surface area contributed by atoms with Crippen LogP contribution in [0, 0.1) is 11.3 Å². The molecule has 1 aliphatic heterocycles. The highest BCUT2D eigenvalue weighted by atomic mass is 16.7. The summed E-state index contributed by atoms with van der Waals surface area (Å²) in [7, 11) is 0. The molecule has 0 bridgehead atoms. The van der Waals surface area contributed by atoms with Crippen LogP contribution in [0.4, 0.5) is 0 Å². The molecule has 1 heterocycles. The summed E-state index contributed by atoms with van der Waals surface area (Å²) < 4.78 is 11.0. The standard InChI is InChI=1S/C12H22N2O2/c1-11(2)14(7-3-6-13)8-5-12-15-9-4-10-16-12/h11-12H,3-5,7-10H2,1-2H3. The van der Waals surface area contributed by atoms with Gasteiger partial charge in [-0.2, -0.15) is 5.26 Å². The molecule has 1 saturated heterocycles. The van der Waals surface area contributed by atoms with Crippen molar-refractivity contribution in [3.63, 3.8) is 0 Å². The largest absolute Gasteiger partial charge is 0.353 e. The van der Waals surface area contributed by atoms with Crippen molar-refractivity contribution in [2.75, 3.05) is 26.3 Å². The van der Waals surface area contributed by atoms with E-state index in [0.717, 1.165) is 39.1 Å². The highest BCUT2D eigenvalue weighted by Gasteiger charge is 2.16. The second kappa shape index (κ2) is 7.61. The molecule has 4 nitrogen and oxygen atoms in total. The van der Waals surface area contributed by atoms with E-state index in [4.69, 9.17) is 14.7 Å². The average molecular weight is 226 g/mol. The van der Waals surface area contributed by atoms with Gasteiger partial charge < -0.3 is 9.47 Å². The van der Waals surface area contributed by atoms with Gasteiger partial charge in [0.2, 0.25) is 0 Å². The quantitative estimate of drug-likeness (QED) is 0.692. The molecule has 0 aromatic carbocycles. The smallest absolute Gasteiger partial charge is 0.158 e. The number of nitriles is 1. The summed E-state index contributed by atoms with van der Waals surface area (Å²) >= 11 is 0. The van der Waals surface area contributed by atoms with Crippen molar-refractivity contribution in [3.8, 4) is 6.07 Å². The lowest BCUT2D eigenvalue weighted by molar-refractivity contribution is -0.183. The highest BCUT2D eigenvalue weighted by Crippen LogP contribution is 2.10. The molecular formula is C12H22N2O2. The molecule has 16 heavy (non-hydrogen) atoms. The maximum atomic E-state index is 8.59. The van der Waals surface area contributed by atoms with E-state index in [9.17, 15) is 0 Å². The van der Waals surface area contributed by atoms with Gasteiger partial charge in [0.1, 0.15) is 0 Å². The first-order valence-corrected chi connectivity index (χ1v) is 6.08. The number of hydrogen-bond acceptors (Lipinski definition) is 4. The van der Waals surface area contributed by atoms with Crippen molar-refractivity contribution in [3.05, 3.63) is 0 Å². The van der Waals surface area contributed by atoms with Gasteiger partial charge in [-0.05, 0) is 20.3 Å². The summed E-state index contributed by atoms with van der Waals surface area (Å²) in [6.45, 7) is 7.69. The Labute approximate surface area is 98.1 Å². The summed E-state index contributed by atoms with van der Waals surface area (Å²) in [5.41, 5.74) is 0. The predicted molar refractivity (Wildman–Crippen MR) is 61.9 cm³/mol. The zero-order chi connectivity index (χ0) is 11.8. The zero-order valence-electron chi connectivity index (χ0n) is 10.3. The molecule has 0 aliphatic carbocycles. The predicted octanol–water partition coefficient (Wildman–Crippen LogP) is 1.76. The summed E-state index contributed by atoms with van der Waals surface area (Å²) in [5.74, 6) is 0. The van der Waals surface area contributed by atoms with Gasteiger partial charge in [0.15, 0.2) is 6.29 Å². The van der Waals surface area contributed by atoms with E-state index in [2.05, 4.69) is 24.8 Å². The van der Waals surface area contributed by atoms with E-state index in [0.29, 0.717) is 12.5 Å². The van der Waals surface area contributed by atoms with Crippen LogP contribution in [0.1, 0.15) is 33.1 Å². The Morgan fingerprint density at radius 3 is 2.56 bits per heavy atom. The lowest BCUT2D eigenvalue weighted by Crippen LogP contribution is -2.36. The first kappa shape index (κ1) is 13.4. The molecule has 4 heteroatoms. The van der Waals surface area contributed by atoms with Crippen molar-refractivity contribution in [1.29, 1.82) is 5.26 Å².